The Balaban J connectivity index is 0.000000409. The zero-order valence-corrected chi connectivity index (χ0v) is 84.8. The number of rotatable bonds is 25. The van der Waals surface area contributed by atoms with Crippen molar-refractivity contribution in [3.05, 3.63) is 24.3 Å². The van der Waals surface area contributed by atoms with Crippen LogP contribution in [-0.4, -0.2) is 335 Å². The first-order chi connectivity index (χ1) is 61.0. The quantitative estimate of drug-likeness (QED) is 0.0167. The summed E-state index contributed by atoms with van der Waals surface area (Å²) in [7, 11) is 6.56. The van der Waals surface area contributed by atoms with Crippen molar-refractivity contribution < 1.29 is 162 Å². The lowest BCUT2D eigenvalue weighted by Gasteiger charge is -2.50. The summed E-state index contributed by atoms with van der Waals surface area (Å²) in [6, 6.07) is -0.700. The van der Waals surface area contributed by atoms with Gasteiger partial charge in [-0.25, -0.2) is 4.79 Å². The molecule has 38 nitrogen and oxygen atoms in total. The number of carbonyl (C=O) groups excluding carboxylic acids is 7. The molecule has 7 aliphatic heterocycles. The van der Waals surface area contributed by atoms with Crippen LogP contribution in [-0.2, 0) is 143 Å². The van der Waals surface area contributed by atoms with Gasteiger partial charge in [0.2, 0.25) is 0 Å². The second kappa shape index (κ2) is 48.1. The zero-order chi connectivity index (χ0) is 100. The highest BCUT2D eigenvalue weighted by atomic mass is 32.2. The third-order valence-corrected chi connectivity index (χ3v) is 27.7. The van der Waals surface area contributed by atoms with E-state index >= 15 is 0 Å². The molecule has 7 heterocycles. The van der Waals surface area contributed by atoms with Crippen LogP contribution in [0.4, 0.5) is 0 Å². The molecule has 132 heavy (non-hydrogen) atoms. The van der Waals surface area contributed by atoms with Crippen LogP contribution in [0.1, 0.15) is 224 Å². The molecule has 6 fully saturated rings. The predicted octanol–water partition coefficient (Wildman–Crippen LogP) is 8.16. The number of ether oxygens (including phenoxy) is 18. The Bertz CT molecular complexity index is 4040. The van der Waals surface area contributed by atoms with E-state index in [1.165, 1.54) is 55.8 Å². The summed E-state index contributed by atoms with van der Waals surface area (Å²) in [6.45, 7) is 48.3. The average Bonchev–Trinajstić information content (AvgIpc) is 0.761. The molecule has 0 spiro atoms. The summed E-state index contributed by atoms with van der Waals surface area (Å²) in [6.07, 6.45) is -18.0. The Morgan fingerprint density at radius 2 is 0.947 bits per heavy atom. The van der Waals surface area contributed by atoms with Crippen LogP contribution in [0, 0.1) is 47.3 Å². The third kappa shape index (κ3) is 29.4. The van der Waals surface area contributed by atoms with Gasteiger partial charge in [-0.1, -0.05) is 78.9 Å². The van der Waals surface area contributed by atoms with Crippen LogP contribution in [0.25, 0.3) is 0 Å². The lowest BCUT2D eigenvalue weighted by Crippen LogP contribution is -2.62. The van der Waals surface area contributed by atoms with Gasteiger partial charge in [0.25, 0.3) is 10.1 Å². The number of carbonyl (C=O) groups is 7. The van der Waals surface area contributed by atoms with Gasteiger partial charge in [0.05, 0.1) is 134 Å². The van der Waals surface area contributed by atoms with E-state index in [1.54, 1.807) is 90.0 Å². The predicted molar refractivity (Wildman–Crippen MR) is 480 cm³/mol. The first-order valence-electron chi connectivity index (χ1n) is 46.0. The first kappa shape index (κ1) is 115. The van der Waals surface area contributed by atoms with Gasteiger partial charge >= 0.3 is 41.8 Å². The van der Waals surface area contributed by atoms with E-state index in [2.05, 4.69) is 23.5 Å². The summed E-state index contributed by atoms with van der Waals surface area (Å²) >= 11 is 0. The largest absolute Gasteiger partial charge is 0.459 e. The number of aliphatic hydroxyl groups is 4. The fourth-order valence-electron chi connectivity index (χ4n) is 19.9. The molecule has 0 saturated carbocycles. The molecule has 0 aromatic carbocycles. The standard InChI is InChI=1S/C48H82N2O19S.C45H76N2O15/c1-19-36-48(14,56)41(54)28(5)38(49-69-34(11)53)26(3)21-47(13,60-23-25(2)24-61-70(18,57)58)42(68-45-40(64-32(9)51)35(50(15)16)20-27(4)62-45)29(6)39(30(7)44(55)66-36)67-37-22-46(12,59-17)43(31(8)63-37)65-33(10)52;1-17-33-45(13,52)38(50)26(5)35-24(3)19-44(12,54-21-23(2)22-55-46-35)39(62-42-37(58-30(9)48)32(47(14)15)18-25(4)56-42)27(6)36(28(7)41(51)60-33)61-34-20-43(11,53-16)40(29(8)57-34)59-31(10)49/h26-31,35-37,39-43,45,54,56H,2,19-24H2,1,3-18H3;24-29,32-34,36-40,42,50,52H,2,17-22H2,1,3-16H3/b;46-35+/t26-,27-,28+,29+,30-,31+,35+,36-,37?,39+,40-,41-,42-,43+,45+,46-,47-,48-;24-,25-,26+,27+,28-,29+,32+,33-,34?,36+,37-,38-,39-,40+,42+,43-,44-,45-/m11/s1. The van der Waals surface area contributed by atoms with Gasteiger partial charge in [-0.05, 0) is 161 Å². The van der Waals surface area contributed by atoms with E-state index < -0.39 is 262 Å². The number of methoxy groups -OCH3 is 2. The van der Waals surface area contributed by atoms with Crippen LogP contribution < -0.4 is 0 Å². The minimum atomic E-state index is -3.91. The molecule has 39 heteroatoms. The van der Waals surface area contributed by atoms with E-state index in [0.717, 1.165) is 13.2 Å². The van der Waals surface area contributed by atoms with E-state index in [0.29, 0.717) is 24.1 Å². The molecule has 4 N–H and O–H groups in total. The Labute approximate surface area is 781 Å². The Hall–Kier alpha value is -5.90. The van der Waals surface area contributed by atoms with Crippen LogP contribution in [0.2, 0.25) is 0 Å². The highest BCUT2D eigenvalue weighted by Crippen LogP contribution is 2.48. The van der Waals surface area contributed by atoms with Crippen molar-refractivity contribution in [2.75, 3.05) is 75.1 Å². The molecule has 0 aromatic rings. The minimum absolute atomic E-state index is 0.00189. The van der Waals surface area contributed by atoms with Gasteiger partial charge in [-0.2, -0.15) is 8.42 Å². The van der Waals surface area contributed by atoms with Crippen molar-refractivity contribution in [3.8, 4) is 0 Å². The zero-order valence-electron chi connectivity index (χ0n) is 84.0. The Morgan fingerprint density at radius 1 is 0.530 bits per heavy atom. The molecule has 0 radical (unpaired) electrons. The van der Waals surface area contributed by atoms with E-state index in [-0.39, 0.29) is 81.8 Å². The van der Waals surface area contributed by atoms with Crippen LogP contribution in [0.15, 0.2) is 34.6 Å². The van der Waals surface area contributed by atoms with E-state index in [4.69, 9.17) is 99.1 Å². The van der Waals surface area contributed by atoms with Gasteiger partial charge in [0.15, 0.2) is 49.6 Å². The van der Waals surface area contributed by atoms with E-state index in [1.807, 2.05) is 72.6 Å². The normalized spacial score (nSPS) is 42.2. The number of fused-ring (bicyclic) bond motifs is 3. The summed E-state index contributed by atoms with van der Waals surface area (Å²) < 4.78 is 145. The molecule has 2 bridgehead atoms. The molecule has 2 unspecified atom stereocenters. The summed E-state index contributed by atoms with van der Waals surface area (Å²) in [5.41, 5.74) is -7.82. The first-order valence-corrected chi connectivity index (χ1v) is 47.8. The van der Waals surface area contributed by atoms with Crippen LogP contribution in [0.5, 0.6) is 0 Å². The molecular weight excluding hydrogens is 1750 g/mol. The highest BCUT2D eigenvalue weighted by molar-refractivity contribution is 7.86. The van der Waals surface area contributed by atoms with Gasteiger partial charge in [-0.3, -0.25) is 33.0 Å². The number of cyclic esters (lactones) is 2. The van der Waals surface area contributed by atoms with Crippen molar-refractivity contribution in [1.29, 1.82) is 0 Å². The number of hydrogen-bond acceptors (Lipinski definition) is 38. The lowest BCUT2D eigenvalue weighted by molar-refractivity contribution is -0.321. The van der Waals surface area contributed by atoms with Crippen molar-refractivity contribution in [1.82, 2.24) is 9.80 Å². The SMILES string of the molecule is C=C(CO[C@]1(C)C[C@@H](C)C(=NOC(C)=O)[C@H](C)[C@@H](O)[C@](C)(O)[C@@H](CC)OC(=O)[C@H](C)[C@@H](OC2C[C@@](C)(OC)[C@@H](OC(C)=O)[C@H](C)O2)[C@H](C)[C@H]1O[C@@H]1O[C@H](C)C[C@H](N(C)C)[C@H]1OC(C)=O)COS(C)(=O)=O.C=C1CO/N=C2\[C@H](C)C[C@@](C)(OC1)[C@H](O[C@@H]1O[C@H](C)C[C@H](N(C)C)[C@H]1OC(C)=O)[C@@H](C)[C@H](OC1C[C@@](C)(OC)[C@@H](OC(C)=O)[C@H](C)O1)[C@@H](C)C(=O)O[C@H](CC)[C@@](C)(O)[C@H](O)[C@H]2C. The van der Waals surface area contributed by atoms with Gasteiger partial charge in [0.1, 0.15) is 41.2 Å². The second-order valence-corrected chi connectivity index (χ2v) is 41.0. The van der Waals surface area contributed by atoms with Gasteiger partial charge in [0, 0.05) is 97.2 Å². The Morgan fingerprint density at radius 3 is 1.34 bits per heavy atom. The highest BCUT2D eigenvalue weighted by Gasteiger charge is 2.60. The number of likely N-dealkylation sites (N-methyl/N-ethyl adjacent to an activating group) is 2. The topological polar surface area (TPSA) is 460 Å². The molecule has 760 valence electrons. The molecule has 0 aromatic heterocycles. The summed E-state index contributed by atoms with van der Waals surface area (Å²) in [5, 5.41) is 57.0. The fraction of sp³-hybridized carbons (Fsp3) is 0.860. The number of nitrogens with zero attached hydrogens (tertiary/aromatic N) is 4. The molecule has 7 aliphatic rings. The number of aliphatic hydroxyl groups excluding tert-OH is 2. The van der Waals surface area contributed by atoms with Crippen LogP contribution >= 0.6 is 0 Å². The fourth-order valence-corrected chi connectivity index (χ4v) is 20.3. The van der Waals surface area contributed by atoms with Crippen LogP contribution in [0.3, 0.4) is 0 Å². The third-order valence-electron chi connectivity index (χ3n) is 27.1. The summed E-state index contributed by atoms with van der Waals surface area (Å²) in [4.78, 5) is 107. The van der Waals surface area contributed by atoms with Crippen molar-refractivity contribution >= 4 is 63.3 Å². The minimum Gasteiger partial charge on any atom is -0.459 e. The molecule has 0 amide bonds. The molecule has 36 atom stereocenters. The number of hydrogen-bond donors (Lipinski definition) is 4. The smallest absolute Gasteiger partial charge is 0.331 e. The maximum Gasteiger partial charge on any atom is 0.331 e. The number of oxime groups is 2. The average molecular weight is 1910 g/mol. The molecule has 0 aliphatic carbocycles. The maximum atomic E-state index is 14.8. The Kier molecular flexibility index (Phi) is 41.9. The monoisotopic (exact) mass is 1910 g/mol. The number of esters is 6. The van der Waals surface area contributed by atoms with Gasteiger partial charge < -0.3 is 125 Å². The molecule has 7 rings (SSSR count). The maximum absolute atomic E-state index is 14.8. The molecule has 6 saturated heterocycles. The van der Waals surface area contributed by atoms with E-state index in [9.17, 15) is 62.4 Å². The second-order valence-electron chi connectivity index (χ2n) is 39.3. The van der Waals surface area contributed by atoms with Crippen molar-refractivity contribution in [2.24, 2.45) is 57.7 Å². The molecular formula is C93H158N4O34S. The summed E-state index contributed by atoms with van der Waals surface area (Å²) in [5.74, 6) is -11.6. The lowest BCUT2D eigenvalue weighted by atomic mass is 9.73. The van der Waals surface area contributed by atoms with Gasteiger partial charge in [-0.15, -0.1) is 0 Å². The van der Waals surface area contributed by atoms with Crippen molar-refractivity contribution in [3.63, 3.8) is 0 Å². The van der Waals surface area contributed by atoms with Crippen molar-refractivity contribution in [2.45, 2.75) is 393 Å².